The van der Waals surface area contributed by atoms with E-state index in [2.05, 4.69) is 10.2 Å². The number of rotatable bonds is 6. The van der Waals surface area contributed by atoms with Crippen LogP contribution in [0, 0.1) is 5.92 Å². The molecule has 172 valence electrons. The zero-order valence-electron chi connectivity index (χ0n) is 18.2. The average molecular weight is 460 g/mol. The van der Waals surface area contributed by atoms with Crippen LogP contribution in [0.5, 0.6) is 5.75 Å². The summed E-state index contributed by atoms with van der Waals surface area (Å²) in [5, 5.41) is 2.95. The van der Waals surface area contributed by atoms with Gasteiger partial charge in [0, 0.05) is 37.6 Å². The monoisotopic (exact) mass is 459 g/mol. The molecule has 0 aromatic heterocycles. The molecule has 0 unspecified atom stereocenters. The first kappa shape index (κ1) is 22.6. The van der Waals surface area contributed by atoms with Crippen LogP contribution in [-0.4, -0.2) is 65.1 Å². The predicted molar refractivity (Wildman–Crippen MR) is 123 cm³/mol. The van der Waals surface area contributed by atoms with Crippen molar-refractivity contribution in [1.29, 1.82) is 0 Å². The number of carbonyl (C=O) groups is 1. The predicted octanol–water partition coefficient (Wildman–Crippen LogP) is 2.57. The second-order valence-corrected chi connectivity index (χ2v) is 9.95. The van der Waals surface area contributed by atoms with Crippen LogP contribution in [0.1, 0.15) is 12.8 Å². The molecule has 2 aromatic rings. The van der Waals surface area contributed by atoms with Gasteiger partial charge in [-0.25, -0.2) is 8.42 Å². The van der Waals surface area contributed by atoms with Crippen molar-refractivity contribution in [2.75, 3.05) is 56.7 Å². The molecule has 2 aliphatic rings. The van der Waals surface area contributed by atoms with E-state index in [0.717, 1.165) is 32.0 Å². The summed E-state index contributed by atoms with van der Waals surface area (Å²) in [4.78, 5) is 15.3. The van der Waals surface area contributed by atoms with Crippen LogP contribution < -0.4 is 15.0 Å². The number of hydrogen-bond acceptors (Lipinski definition) is 6. The van der Waals surface area contributed by atoms with Crippen LogP contribution in [0.4, 0.5) is 11.4 Å². The highest BCUT2D eigenvalue weighted by Crippen LogP contribution is 2.26. The summed E-state index contributed by atoms with van der Waals surface area (Å²) in [5.41, 5.74) is 1.81. The van der Waals surface area contributed by atoms with E-state index in [4.69, 9.17) is 9.47 Å². The average Bonchev–Trinajstić information content (AvgIpc) is 2.85. The van der Waals surface area contributed by atoms with Crippen molar-refractivity contribution in [3.8, 4) is 5.75 Å². The molecule has 0 spiro atoms. The molecule has 0 radical (unpaired) electrons. The normalized spacial score (nSPS) is 20.0. The number of methoxy groups -OCH3 is 1. The molecule has 0 aliphatic carbocycles. The van der Waals surface area contributed by atoms with Crippen LogP contribution in [-0.2, 0) is 19.6 Å². The first-order valence-corrected chi connectivity index (χ1v) is 12.3. The Balaban J connectivity index is 1.38. The molecule has 2 fully saturated rings. The second kappa shape index (κ2) is 9.89. The summed E-state index contributed by atoms with van der Waals surface area (Å²) >= 11 is 0. The SMILES string of the molecule is COc1ccc(S(=O)(=O)N2CCC[C@@H](C(=O)Nc3ccc(N4CCOCC4)cc3)C2)cc1. The number of sulfonamides is 1. The van der Waals surface area contributed by atoms with E-state index in [0.29, 0.717) is 30.8 Å². The highest BCUT2D eigenvalue weighted by atomic mass is 32.2. The number of nitrogens with zero attached hydrogens (tertiary/aromatic N) is 2. The van der Waals surface area contributed by atoms with Crippen LogP contribution >= 0.6 is 0 Å². The molecule has 2 aromatic carbocycles. The number of amides is 1. The van der Waals surface area contributed by atoms with Crippen molar-refractivity contribution in [1.82, 2.24) is 4.31 Å². The fourth-order valence-corrected chi connectivity index (χ4v) is 5.62. The van der Waals surface area contributed by atoms with Crippen molar-refractivity contribution >= 4 is 27.3 Å². The topological polar surface area (TPSA) is 88.2 Å². The van der Waals surface area contributed by atoms with E-state index >= 15 is 0 Å². The third-order valence-electron chi connectivity index (χ3n) is 5.96. The minimum Gasteiger partial charge on any atom is -0.497 e. The number of anilines is 2. The van der Waals surface area contributed by atoms with Crippen molar-refractivity contribution in [3.63, 3.8) is 0 Å². The van der Waals surface area contributed by atoms with E-state index in [1.54, 1.807) is 12.1 Å². The fraction of sp³-hybridized carbons (Fsp3) is 0.435. The number of morpholine rings is 1. The maximum atomic E-state index is 13.0. The molecule has 2 saturated heterocycles. The molecular formula is C23H29N3O5S. The van der Waals surface area contributed by atoms with Gasteiger partial charge < -0.3 is 19.7 Å². The minimum atomic E-state index is -3.66. The van der Waals surface area contributed by atoms with E-state index < -0.39 is 15.9 Å². The summed E-state index contributed by atoms with van der Waals surface area (Å²) in [7, 11) is -2.13. The minimum absolute atomic E-state index is 0.154. The van der Waals surface area contributed by atoms with Crippen molar-refractivity contribution < 1.29 is 22.7 Å². The van der Waals surface area contributed by atoms with Gasteiger partial charge in [-0.1, -0.05) is 0 Å². The zero-order chi connectivity index (χ0) is 22.6. The number of benzene rings is 2. The molecule has 0 bridgehead atoms. The molecule has 1 amide bonds. The Morgan fingerprint density at radius 3 is 2.38 bits per heavy atom. The molecule has 0 saturated carbocycles. The van der Waals surface area contributed by atoms with Gasteiger partial charge in [-0.3, -0.25) is 4.79 Å². The van der Waals surface area contributed by atoms with Gasteiger partial charge in [0.05, 0.1) is 31.1 Å². The number of hydrogen-bond donors (Lipinski definition) is 1. The Kier molecular flexibility index (Phi) is 6.98. The van der Waals surface area contributed by atoms with E-state index in [1.807, 2.05) is 24.3 Å². The van der Waals surface area contributed by atoms with Gasteiger partial charge in [0.25, 0.3) is 0 Å². The lowest BCUT2D eigenvalue weighted by Crippen LogP contribution is -2.43. The van der Waals surface area contributed by atoms with Gasteiger partial charge in [-0.15, -0.1) is 0 Å². The lowest BCUT2D eigenvalue weighted by Gasteiger charge is -2.31. The van der Waals surface area contributed by atoms with Gasteiger partial charge in [0.2, 0.25) is 15.9 Å². The molecule has 9 heteroatoms. The quantitative estimate of drug-likeness (QED) is 0.714. The summed E-state index contributed by atoms with van der Waals surface area (Å²) < 4.78 is 38.0. The summed E-state index contributed by atoms with van der Waals surface area (Å²) in [6, 6.07) is 14.1. The van der Waals surface area contributed by atoms with E-state index in [1.165, 1.54) is 23.5 Å². The molecular weight excluding hydrogens is 430 g/mol. The van der Waals surface area contributed by atoms with E-state index in [9.17, 15) is 13.2 Å². The van der Waals surface area contributed by atoms with Gasteiger partial charge >= 0.3 is 0 Å². The third-order valence-corrected chi connectivity index (χ3v) is 7.84. The molecule has 2 aliphatic heterocycles. The van der Waals surface area contributed by atoms with Crippen LogP contribution in [0.3, 0.4) is 0 Å². The van der Waals surface area contributed by atoms with Crippen LogP contribution in [0.25, 0.3) is 0 Å². The standard InChI is InChI=1S/C23H29N3O5S/c1-30-21-8-10-22(11-9-21)32(28,29)26-12-2-3-18(17-26)23(27)24-19-4-6-20(7-5-19)25-13-15-31-16-14-25/h4-11,18H,2-3,12-17H2,1H3,(H,24,27)/t18-/m1/s1. The lowest BCUT2D eigenvalue weighted by atomic mass is 9.98. The van der Waals surface area contributed by atoms with Crippen LogP contribution in [0.2, 0.25) is 0 Å². The van der Waals surface area contributed by atoms with Gasteiger partial charge in [0.15, 0.2) is 0 Å². The van der Waals surface area contributed by atoms with Gasteiger partial charge in [0.1, 0.15) is 5.75 Å². The number of carbonyl (C=O) groups excluding carboxylic acids is 1. The Morgan fingerprint density at radius 1 is 1.03 bits per heavy atom. The number of ether oxygens (including phenoxy) is 2. The number of nitrogens with one attached hydrogen (secondary N) is 1. The molecule has 8 nitrogen and oxygen atoms in total. The number of piperidine rings is 1. The van der Waals surface area contributed by atoms with Crippen molar-refractivity contribution in [2.45, 2.75) is 17.7 Å². The fourth-order valence-electron chi connectivity index (χ4n) is 4.09. The van der Waals surface area contributed by atoms with Crippen LogP contribution in [0.15, 0.2) is 53.4 Å². The van der Waals surface area contributed by atoms with Crippen molar-refractivity contribution in [2.24, 2.45) is 5.92 Å². The lowest BCUT2D eigenvalue weighted by molar-refractivity contribution is -0.120. The van der Waals surface area contributed by atoms with E-state index in [-0.39, 0.29) is 17.3 Å². The highest BCUT2D eigenvalue weighted by molar-refractivity contribution is 7.89. The van der Waals surface area contributed by atoms with Gasteiger partial charge in [-0.05, 0) is 61.4 Å². The first-order valence-electron chi connectivity index (χ1n) is 10.9. The maximum absolute atomic E-state index is 13.0. The summed E-state index contributed by atoms with van der Waals surface area (Å²) in [5.74, 6) is 0.0499. The Hall–Kier alpha value is -2.62. The molecule has 32 heavy (non-hydrogen) atoms. The first-order chi connectivity index (χ1) is 15.5. The largest absolute Gasteiger partial charge is 0.497 e. The summed E-state index contributed by atoms with van der Waals surface area (Å²) in [6.45, 7) is 3.73. The third kappa shape index (κ3) is 5.06. The smallest absolute Gasteiger partial charge is 0.243 e. The Bertz CT molecular complexity index is 1020. The molecule has 1 atom stereocenters. The van der Waals surface area contributed by atoms with Gasteiger partial charge in [-0.2, -0.15) is 4.31 Å². The highest BCUT2D eigenvalue weighted by Gasteiger charge is 2.33. The molecule has 2 heterocycles. The maximum Gasteiger partial charge on any atom is 0.243 e. The molecule has 4 rings (SSSR count). The second-order valence-electron chi connectivity index (χ2n) is 8.01. The zero-order valence-corrected chi connectivity index (χ0v) is 19.0. The Morgan fingerprint density at radius 2 is 1.72 bits per heavy atom. The van der Waals surface area contributed by atoms with Crippen molar-refractivity contribution in [3.05, 3.63) is 48.5 Å². The Labute approximate surface area is 189 Å². The summed E-state index contributed by atoms with van der Waals surface area (Å²) in [6.07, 6.45) is 1.30. The molecule has 1 N–H and O–H groups in total.